The minimum Gasteiger partial charge on any atom is -0.314 e. The zero-order valence-electron chi connectivity index (χ0n) is 11.3. The second kappa shape index (κ2) is 6.05. The number of aryl methyl sites for hydroxylation is 2. The monoisotopic (exact) mass is 219 g/mol. The molecule has 0 bridgehead atoms. The minimum absolute atomic E-state index is 0.544. The molecule has 1 heteroatoms. The van der Waals surface area contributed by atoms with Crippen molar-refractivity contribution >= 4 is 0 Å². The van der Waals surface area contributed by atoms with Crippen LogP contribution in [0.15, 0.2) is 18.2 Å². The van der Waals surface area contributed by atoms with Gasteiger partial charge >= 0.3 is 0 Å². The molecule has 1 aromatic rings. The van der Waals surface area contributed by atoms with Gasteiger partial charge in [-0.1, -0.05) is 32.0 Å². The maximum Gasteiger partial charge on any atom is 0.0105 e. The molecule has 0 aliphatic carbocycles. The molecule has 0 saturated heterocycles. The summed E-state index contributed by atoms with van der Waals surface area (Å²) in [6, 6.07) is 7.36. The molecule has 2 unspecified atom stereocenters. The summed E-state index contributed by atoms with van der Waals surface area (Å²) in [6.45, 7) is 12.3. The fourth-order valence-electron chi connectivity index (χ4n) is 1.89. The van der Waals surface area contributed by atoms with Crippen LogP contribution >= 0.6 is 0 Å². The van der Waals surface area contributed by atoms with Gasteiger partial charge in [0.1, 0.15) is 0 Å². The van der Waals surface area contributed by atoms with Crippen LogP contribution in [0.3, 0.4) is 0 Å². The topological polar surface area (TPSA) is 12.0 Å². The van der Waals surface area contributed by atoms with Crippen LogP contribution in [-0.2, 0) is 0 Å². The molecule has 1 nitrogen and oxygen atoms in total. The molecular formula is C15H25N. The number of benzene rings is 1. The Morgan fingerprint density at radius 1 is 1.12 bits per heavy atom. The van der Waals surface area contributed by atoms with Crippen LogP contribution in [0.25, 0.3) is 0 Å². The molecule has 0 fully saturated rings. The lowest BCUT2D eigenvalue weighted by molar-refractivity contribution is 0.481. The Labute approximate surface area is 100 Å². The Balaban J connectivity index is 2.71. The van der Waals surface area contributed by atoms with Gasteiger partial charge in [-0.25, -0.2) is 0 Å². The van der Waals surface area contributed by atoms with Crippen molar-refractivity contribution in [2.75, 3.05) is 6.54 Å². The Hall–Kier alpha value is -0.820. The van der Waals surface area contributed by atoms with Crippen LogP contribution in [0.1, 0.15) is 49.8 Å². The van der Waals surface area contributed by atoms with E-state index in [1.165, 1.54) is 23.1 Å². The lowest BCUT2D eigenvalue weighted by Crippen LogP contribution is -2.31. The quantitative estimate of drug-likeness (QED) is 0.794. The summed E-state index contributed by atoms with van der Waals surface area (Å²) in [5.74, 6) is 0.575. The lowest BCUT2D eigenvalue weighted by atomic mass is 9.92. The third-order valence-electron chi connectivity index (χ3n) is 3.52. The molecule has 0 aliphatic heterocycles. The summed E-state index contributed by atoms with van der Waals surface area (Å²) in [5.41, 5.74) is 4.22. The summed E-state index contributed by atoms with van der Waals surface area (Å²) >= 11 is 0. The molecule has 16 heavy (non-hydrogen) atoms. The predicted molar refractivity (Wildman–Crippen MR) is 72.1 cm³/mol. The van der Waals surface area contributed by atoms with Gasteiger partial charge < -0.3 is 5.32 Å². The van der Waals surface area contributed by atoms with Crippen molar-refractivity contribution in [1.29, 1.82) is 0 Å². The second-order valence-corrected chi connectivity index (χ2v) is 4.88. The summed E-state index contributed by atoms with van der Waals surface area (Å²) in [6.07, 6.45) is 1.20. The van der Waals surface area contributed by atoms with E-state index in [0.29, 0.717) is 12.0 Å². The molecule has 2 atom stereocenters. The average Bonchev–Trinajstić information content (AvgIpc) is 2.28. The second-order valence-electron chi connectivity index (χ2n) is 4.88. The van der Waals surface area contributed by atoms with Crippen molar-refractivity contribution in [2.45, 2.75) is 53.0 Å². The van der Waals surface area contributed by atoms with E-state index in [1.807, 2.05) is 0 Å². The van der Waals surface area contributed by atoms with Crippen LogP contribution in [0.2, 0.25) is 0 Å². The van der Waals surface area contributed by atoms with E-state index in [4.69, 9.17) is 0 Å². The highest BCUT2D eigenvalue weighted by atomic mass is 14.9. The van der Waals surface area contributed by atoms with Crippen molar-refractivity contribution in [3.05, 3.63) is 34.9 Å². The highest BCUT2D eigenvalue weighted by molar-refractivity contribution is 5.32. The summed E-state index contributed by atoms with van der Waals surface area (Å²) in [5, 5.41) is 3.56. The van der Waals surface area contributed by atoms with Crippen LogP contribution in [0.4, 0.5) is 0 Å². The smallest absolute Gasteiger partial charge is 0.0105 e. The van der Waals surface area contributed by atoms with Crippen molar-refractivity contribution in [1.82, 2.24) is 5.32 Å². The third kappa shape index (κ3) is 3.34. The normalized spacial score (nSPS) is 14.8. The van der Waals surface area contributed by atoms with E-state index in [-0.39, 0.29) is 0 Å². The fourth-order valence-corrected chi connectivity index (χ4v) is 1.89. The average molecular weight is 219 g/mol. The first-order valence-corrected chi connectivity index (χ1v) is 6.36. The molecule has 0 radical (unpaired) electrons. The molecule has 1 aromatic carbocycles. The molecule has 0 amide bonds. The Morgan fingerprint density at radius 3 is 2.38 bits per heavy atom. The van der Waals surface area contributed by atoms with Gasteiger partial charge in [0.15, 0.2) is 0 Å². The van der Waals surface area contributed by atoms with E-state index in [2.05, 4.69) is 58.1 Å². The summed E-state index contributed by atoms with van der Waals surface area (Å²) in [7, 11) is 0. The lowest BCUT2D eigenvalue weighted by Gasteiger charge is -2.22. The van der Waals surface area contributed by atoms with Crippen LogP contribution < -0.4 is 5.32 Å². The first-order chi connectivity index (χ1) is 7.56. The zero-order chi connectivity index (χ0) is 12.1. The first kappa shape index (κ1) is 13.2. The van der Waals surface area contributed by atoms with Crippen LogP contribution in [0, 0.1) is 13.8 Å². The van der Waals surface area contributed by atoms with Gasteiger partial charge in [-0.15, -0.1) is 0 Å². The number of hydrogen-bond donors (Lipinski definition) is 1. The van der Waals surface area contributed by atoms with Gasteiger partial charge in [-0.05, 0) is 56.3 Å². The van der Waals surface area contributed by atoms with Gasteiger partial charge in [0.25, 0.3) is 0 Å². The minimum atomic E-state index is 0.544. The maximum absolute atomic E-state index is 3.56. The highest BCUT2D eigenvalue weighted by Crippen LogP contribution is 2.21. The largest absolute Gasteiger partial charge is 0.314 e. The summed E-state index contributed by atoms with van der Waals surface area (Å²) < 4.78 is 0. The van der Waals surface area contributed by atoms with Crippen molar-refractivity contribution in [3.8, 4) is 0 Å². The van der Waals surface area contributed by atoms with Gasteiger partial charge in [0.05, 0.1) is 0 Å². The number of rotatable bonds is 5. The van der Waals surface area contributed by atoms with E-state index in [1.54, 1.807) is 0 Å². The Morgan fingerprint density at radius 2 is 1.81 bits per heavy atom. The van der Waals surface area contributed by atoms with Crippen molar-refractivity contribution < 1.29 is 0 Å². The van der Waals surface area contributed by atoms with E-state index >= 15 is 0 Å². The molecule has 1 N–H and O–H groups in total. The van der Waals surface area contributed by atoms with Crippen molar-refractivity contribution in [2.24, 2.45) is 0 Å². The maximum atomic E-state index is 3.56. The van der Waals surface area contributed by atoms with Crippen LogP contribution in [-0.4, -0.2) is 12.6 Å². The Bertz CT molecular complexity index is 330. The number of nitrogens with one attached hydrogen (secondary N) is 1. The summed E-state index contributed by atoms with van der Waals surface area (Å²) in [4.78, 5) is 0. The van der Waals surface area contributed by atoms with E-state index in [0.717, 1.165) is 6.54 Å². The van der Waals surface area contributed by atoms with Gasteiger partial charge in [-0.3, -0.25) is 0 Å². The van der Waals surface area contributed by atoms with E-state index < -0.39 is 0 Å². The fraction of sp³-hybridized carbons (Fsp3) is 0.600. The zero-order valence-corrected chi connectivity index (χ0v) is 11.3. The molecule has 0 aliphatic rings. The van der Waals surface area contributed by atoms with Gasteiger partial charge in [0.2, 0.25) is 0 Å². The molecule has 90 valence electrons. The van der Waals surface area contributed by atoms with Gasteiger partial charge in [0, 0.05) is 6.04 Å². The molecule has 0 heterocycles. The van der Waals surface area contributed by atoms with Gasteiger partial charge in [-0.2, -0.15) is 0 Å². The molecule has 0 aromatic heterocycles. The number of hydrogen-bond acceptors (Lipinski definition) is 1. The van der Waals surface area contributed by atoms with Crippen molar-refractivity contribution in [3.63, 3.8) is 0 Å². The molecule has 1 rings (SSSR count). The molecular weight excluding hydrogens is 194 g/mol. The first-order valence-electron chi connectivity index (χ1n) is 6.36. The van der Waals surface area contributed by atoms with Crippen LogP contribution in [0.5, 0.6) is 0 Å². The molecule has 0 spiro atoms. The standard InChI is InChI=1S/C15H25N/c1-6-9-16-14(5)13(4)15-8-7-11(2)12(3)10-15/h7-8,10,13-14,16H,6,9H2,1-5H3. The van der Waals surface area contributed by atoms with E-state index in [9.17, 15) is 0 Å². The SMILES string of the molecule is CCCNC(C)C(C)c1ccc(C)c(C)c1. The highest BCUT2D eigenvalue weighted by Gasteiger charge is 2.13. The molecule has 0 saturated carbocycles. The predicted octanol–water partition coefficient (Wildman–Crippen LogP) is 3.80. The Kier molecular flexibility index (Phi) is 5.01. The third-order valence-corrected chi connectivity index (χ3v) is 3.52.